The number of esters is 1. The fourth-order valence-electron chi connectivity index (χ4n) is 2.86. The molecule has 3 aromatic rings. The Hall–Kier alpha value is -2.81. The summed E-state index contributed by atoms with van der Waals surface area (Å²) in [4.78, 5) is 20.4. The fraction of sp³-hybridized carbons (Fsp3) is 0.286. The van der Waals surface area contributed by atoms with Gasteiger partial charge in [0.2, 0.25) is 0 Å². The highest BCUT2D eigenvalue weighted by atomic mass is 35.5. The lowest BCUT2D eigenvalue weighted by Crippen LogP contribution is -2.11. The van der Waals surface area contributed by atoms with Gasteiger partial charge >= 0.3 is 5.97 Å². The van der Waals surface area contributed by atoms with Gasteiger partial charge in [0.15, 0.2) is 5.82 Å². The molecule has 9 heteroatoms. The second-order valence-corrected chi connectivity index (χ2v) is 6.85. The average Bonchev–Trinajstić information content (AvgIpc) is 2.77. The minimum atomic E-state index is -0.595. The number of anilines is 2. The molecule has 0 unspecified atom stereocenters. The Labute approximate surface area is 178 Å². The number of carbonyl (C=O) groups excluding carboxylic acids is 1. The quantitative estimate of drug-likeness (QED) is 0.389. The lowest BCUT2D eigenvalue weighted by molar-refractivity contribution is 0.0594. The maximum atomic E-state index is 14.9. The van der Waals surface area contributed by atoms with Crippen molar-refractivity contribution in [3.8, 4) is 0 Å². The van der Waals surface area contributed by atoms with Gasteiger partial charge in [-0.2, -0.15) is 0 Å². The number of methoxy groups -OCH3 is 1. The molecule has 30 heavy (non-hydrogen) atoms. The highest BCUT2D eigenvalue weighted by molar-refractivity contribution is 6.31. The first kappa shape index (κ1) is 21.9. The van der Waals surface area contributed by atoms with Crippen LogP contribution in [0.4, 0.5) is 15.8 Å². The molecule has 3 rings (SSSR count). The van der Waals surface area contributed by atoms with Gasteiger partial charge in [-0.1, -0.05) is 17.7 Å². The molecule has 158 valence electrons. The Morgan fingerprint density at radius 3 is 2.83 bits per heavy atom. The molecule has 0 aliphatic carbocycles. The molecule has 0 saturated heterocycles. The second-order valence-electron chi connectivity index (χ2n) is 6.44. The Morgan fingerprint density at radius 2 is 2.07 bits per heavy atom. The molecule has 2 aromatic heterocycles. The summed E-state index contributed by atoms with van der Waals surface area (Å²) in [6, 6.07) is 8.03. The summed E-state index contributed by atoms with van der Waals surface area (Å²) in [6.45, 7) is 1.58. The molecule has 2 N–H and O–H groups in total. The van der Waals surface area contributed by atoms with Crippen LogP contribution in [0.2, 0.25) is 5.02 Å². The number of ether oxygens (including phenoxy) is 2. The minimum absolute atomic E-state index is 0.0157. The molecule has 0 atom stereocenters. The summed E-state index contributed by atoms with van der Waals surface area (Å²) in [5.41, 5.74) is 2.34. The van der Waals surface area contributed by atoms with Gasteiger partial charge in [0.05, 0.1) is 35.6 Å². The molecule has 0 amide bonds. The number of aromatic nitrogens is 2. The highest BCUT2D eigenvalue weighted by Gasteiger charge is 2.16. The van der Waals surface area contributed by atoms with Crippen LogP contribution < -0.4 is 10.6 Å². The third-order valence-corrected chi connectivity index (χ3v) is 4.68. The van der Waals surface area contributed by atoms with Crippen LogP contribution >= 0.6 is 11.6 Å². The molecule has 7 nitrogen and oxygen atoms in total. The van der Waals surface area contributed by atoms with Gasteiger partial charge in [-0.15, -0.1) is 0 Å². The normalized spacial score (nSPS) is 10.9. The average molecular weight is 433 g/mol. The summed E-state index contributed by atoms with van der Waals surface area (Å²) in [6.07, 6.45) is 2.41. The van der Waals surface area contributed by atoms with Crippen LogP contribution in [-0.2, 0) is 16.1 Å². The molecule has 2 heterocycles. The second kappa shape index (κ2) is 10.3. The van der Waals surface area contributed by atoms with Crippen molar-refractivity contribution in [2.45, 2.75) is 13.0 Å². The molecular formula is C21H22ClFN4O3. The number of halogens is 2. The molecule has 0 fully saturated rings. The predicted octanol–water partition coefficient (Wildman–Crippen LogP) is 4.08. The number of hydrogen-bond donors (Lipinski definition) is 2. The van der Waals surface area contributed by atoms with Crippen LogP contribution in [0.15, 0.2) is 36.5 Å². The highest BCUT2D eigenvalue weighted by Crippen LogP contribution is 2.32. The van der Waals surface area contributed by atoms with E-state index in [4.69, 9.17) is 21.1 Å². The summed E-state index contributed by atoms with van der Waals surface area (Å²) in [5.74, 6) is -1.17. The van der Waals surface area contributed by atoms with E-state index in [1.165, 1.54) is 19.2 Å². The van der Waals surface area contributed by atoms with Crippen LogP contribution in [0.1, 0.15) is 22.5 Å². The van der Waals surface area contributed by atoms with Crippen molar-refractivity contribution < 1.29 is 18.7 Å². The van der Waals surface area contributed by atoms with Crippen LogP contribution in [0.5, 0.6) is 0 Å². The van der Waals surface area contributed by atoms with Gasteiger partial charge in [-0.05, 0) is 44.3 Å². The molecule has 0 spiro atoms. The first-order valence-corrected chi connectivity index (χ1v) is 9.73. The molecule has 1 aromatic carbocycles. The maximum absolute atomic E-state index is 14.9. The van der Waals surface area contributed by atoms with Crippen molar-refractivity contribution in [1.82, 2.24) is 15.3 Å². The van der Waals surface area contributed by atoms with Gasteiger partial charge in [0.25, 0.3) is 0 Å². The number of nitrogens with one attached hydrogen (secondary N) is 2. The Morgan fingerprint density at radius 1 is 1.23 bits per heavy atom. The van der Waals surface area contributed by atoms with Crippen molar-refractivity contribution in [1.29, 1.82) is 0 Å². The molecule has 0 aliphatic heterocycles. The van der Waals surface area contributed by atoms with Gasteiger partial charge in [-0.25, -0.2) is 14.2 Å². The number of rotatable bonds is 9. The largest absolute Gasteiger partial charge is 0.464 e. The maximum Gasteiger partial charge on any atom is 0.356 e. The van der Waals surface area contributed by atoms with Crippen molar-refractivity contribution >= 4 is 40.0 Å². The topological polar surface area (TPSA) is 85.4 Å². The molecule has 0 saturated carbocycles. The monoisotopic (exact) mass is 432 g/mol. The summed E-state index contributed by atoms with van der Waals surface area (Å²) in [7, 11) is 3.15. The summed E-state index contributed by atoms with van der Waals surface area (Å²) in [5, 5.41) is 6.08. The molecule has 0 bridgehead atoms. The summed E-state index contributed by atoms with van der Waals surface area (Å²) >= 11 is 6.01. The smallest absolute Gasteiger partial charge is 0.356 e. The first-order valence-electron chi connectivity index (χ1n) is 9.35. The lowest BCUT2D eigenvalue weighted by atomic mass is 10.1. The number of hydrogen-bond acceptors (Lipinski definition) is 7. The van der Waals surface area contributed by atoms with Crippen LogP contribution in [0, 0.1) is 5.82 Å². The zero-order valence-electron chi connectivity index (χ0n) is 16.7. The molecular weight excluding hydrogens is 411 g/mol. The zero-order valence-corrected chi connectivity index (χ0v) is 17.4. The summed E-state index contributed by atoms with van der Waals surface area (Å²) < 4.78 is 25.3. The van der Waals surface area contributed by atoms with E-state index in [0.717, 1.165) is 13.0 Å². The van der Waals surface area contributed by atoms with E-state index in [2.05, 4.69) is 20.6 Å². The standard InChI is InChI=1S/C21H22ClFN4O3/c1-24-9-3-11-30-12-13-4-5-14(22)18(23)19(13)26-16-8-10-25-15-6-7-17(21(28)29-2)27-20(15)16/h4-8,10,24H,3,9,11-12H2,1-2H3,(H,25,26). The van der Waals surface area contributed by atoms with E-state index in [9.17, 15) is 9.18 Å². The zero-order chi connectivity index (χ0) is 21.5. The number of carbonyl (C=O) groups is 1. The van der Waals surface area contributed by atoms with E-state index in [1.807, 2.05) is 7.05 Å². The predicted molar refractivity (Wildman–Crippen MR) is 114 cm³/mol. The van der Waals surface area contributed by atoms with Crippen molar-refractivity contribution in [2.75, 3.05) is 32.6 Å². The SMILES string of the molecule is CNCCCOCc1ccc(Cl)c(F)c1Nc1ccnc2ccc(C(=O)OC)nc12. The van der Waals surface area contributed by atoms with Gasteiger partial charge in [0.1, 0.15) is 11.2 Å². The fourth-order valence-corrected chi connectivity index (χ4v) is 3.02. The third-order valence-electron chi connectivity index (χ3n) is 4.39. The first-order chi connectivity index (χ1) is 14.5. The number of fused-ring (bicyclic) bond motifs is 1. The van der Waals surface area contributed by atoms with Crippen LogP contribution in [0.3, 0.4) is 0 Å². The Balaban J connectivity index is 1.94. The third kappa shape index (κ3) is 5.02. The van der Waals surface area contributed by atoms with E-state index >= 15 is 0 Å². The van der Waals surface area contributed by atoms with Gasteiger partial charge in [0, 0.05) is 18.4 Å². The number of benzene rings is 1. The van der Waals surface area contributed by atoms with E-state index < -0.39 is 11.8 Å². The number of pyridine rings is 2. The van der Waals surface area contributed by atoms with Crippen LogP contribution in [-0.4, -0.2) is 43.2 Å². The minimum Gasteiger partial charge on any atom is -0.464 e. The van der Waals surface area contributed by atoms with E-state index in [-0.39, 0.29) is 23.0 Å². The lowest BCUT2D eigenvalue weighted by Gasteiger charge is -2.15. The van der Waals surface area contributed by atoms with E-state index in [1.54, 1.807) is 24.4 Å². The Bertz CT molecular complexity index is 1050. The van der Waals surface area contributed by atoms with Gasteiger partial charge < -0.3 is 20.1 Å². The van der Waals surface area contributed by atoms with Crippen molar-refractivity contribution in [2.24, 2.45) is 0 Å². The number of nitrogens with zero attached hydrogens (tertiary/aromatic N) is 2. The van der Waals surface area contributed by atoms with Crippen molar-refractivity contribution in [3.05, 3.63) is 58.6 Å². The van der Waals surface area contributed by atoms with Crippen molar-refractivity contribution in [3.63, 3.8) is 0 Å². The van der Waals surface area contributed by atoms with Crippen LogP contribution in [0.25, 0.3) is 11.0 Å². The Kier molecular flexibility index (Phi) is 7.51. The molecule has 0 aliphatic rings. The van der Waals surface area contributed by atoms with E-state index in [0.29, 0.717) is 28.9 Å². The van der Waals surface area contributed by atoms with Gasteiger partial charge in [-0.3, -0.25) is 4.98 Å². The molecule has 0 radical (unpaired) electrons.